The minimum absolute atomic E-state index is 0.394. The summed E-state index contributed by atoms with van der Waals surface area (Å²) in [6, 6.07) is 0.938. The van der Waals surface area contributed by atoms with E-state index in [-0.39, 0.29) is 0 Å². The van der Waals surface area contributed by atoms with Crippen molar-refractivity contribution in [2.45, 2.75) is 18.7 Å². The molecule has 1 heterocycles. The molecule has 5 nitrogen and oxygen atoms in total. The highest BCUT2D eigenvalue weighted by molar-refractivity contribution is 5.45. The van der Waals surface area contributed by atoms with Crippen LogP contribution in [0.1, 0.15) is 5.82 Å². The van der Waals surface area contributed by atoms with Gasteiger partial charge in [0.1, 0.15) is 17.7 Å². The van der Waals surface area contributed by atoms with Crippen LogP contribution in [0, 0.1) is 0 Å². The van der Waals surface area contributed by atoms with E-state index >= 15 is 0 Å². The molecule has 0 aliphatic rings. The van der Waals surface area contributed by atoms with Gasteiger partial charge in [0.25, 0.3) is 6.43 Å². The van der Waals surface area contributed by atoms with Crippen LogP contribution in [0.25, 0.3) is 0 Å². The van der Waals surface area contributed by atoms with Gasteiger partial charge in [0, 0.05) is 12.6 Å². The predicted octanol–water partition coefficient (Wildman–Crippen LogP) is 1.12. The number of halogens is 5. The second kappa shape index (κ2) is 5.29. The minimum atomic E-state index is -4.80. The van der Waals surface area contributed by atoms with Crippen molar-refractivity contribution in [3.63, 3.8) is 0 Å². The quantitative estimate of drug-likeness (QED) is 0.715. The average molecular weight is 272 g/mol. The van der Waals surface area contributed by atoms with Crippen LogP contribution in [0.4, 0.5) is 33.6 Å². The van der Waals surface area contributed by atoms with E-state index in [0.29, 0.717) is 0 Å². The third kappa shape index (κ3) is 3.95. The lowest BCUT2D eigenvalue weighted by Gasteiger charge is -2.12. The number of aromatic nitrogens is 2. The van der Waals surface area contributed by atoms with Gasteiger partial charge in [0.05, 0.1) is 0 Å². The first-order valence-electron chi connectivity index (χ1n) is 4.62. The van der Waals surface area contributed by atoms with Gasteiger partial charge in [-0.2, -0.15) is 13.2 Å². The molecule has 0 aromatic carbocycles. The molecule has 1 atom stereocenters. The lowest BCUT2D eigenvalue weighted by molar-refractivity contribution is -0.144. The highest BCUT2D eigenvalue weighted by Crippen LogP contribution is 2.27. The molecule has 0 bridgehead atoms. The Kier molecular flexibility index (Phi) is 4.22. The Bertz CT molecular complexity index is 411. The number of nitrogens with two attached hydrogens (primary N) is 1. The average Bonchev–Trinajstić information content (AvgIpc) is 2.23. The topological polar surface area (TPSA) is 84.1 Å². The number of nitrogen functional groups attached to an aromatic ring is 1. The largest absolute Gasteiger partial charge is 0.451 e. The van der Waals surface area contributed by atoms with Gasteiger partial charge in [-0.05, 0) is 0 Å². The molecule has 0 spiro atoms. The van der Waals surface area contributed by atoms with Crippen molar-refractivity contribution >= 4 is 11.6 Å². The molecular weight excluding hydrogens is 263 g/mol. The molecule has 1 rings (SSSR count). The number of nitrogens with zero attached hydrogens (tertiary/aromatic N) is 2. The van der Waals surface area contributed by atoms with Crippen LogP contribution in [0.5, 0.6) is 0 Å². The maximum absolute atomic E-state index is 12.3. The molecule has 4 N–H and O–H groups in total. The second-order valence-corrected chi connectivity index (χ2v) is 3.28. The summed E-state index contributed by atoms with van der Waals surface area (Å²) >= 11 is 0. The van der Waals surface area contributed by atoms with E-state index in [4.69, 9.17) is 10.8 Å². The van der Waals surface area contributed by atoms with Gasteiger partial charge in [0.2, 0.25) is 5.82 Å². The van der Waals surface area contributed by atoms with E-state index in [1.54, 1.807) is 0 Å². The van der Waals surface area contributed by atoms with Crippen LogP contribution in [0.2, 0.25) is 0 Å². The summed E-state index contributed by atoms with van der Waals surface area (Å²) in [5.41, 5.74) is 5.12. The van der Waals surface area contributed by atoms with Crippen molar-refractivity contribution in [3.8, 4) is 0 Å². The number of aliphatic hydroxyl groups excluding tert-OH is 1. The number of nitrogens with one attached hydrogen (secondary N) is 1. The first-order chi connectivity index (χ1) is 8.20. The molecule has 102 valence electrons. The van der Waals surface area contributed by atoms with Crippen molar-refractivity contribution in [3.05, 3.63) is 11.9 Å². The van der Waals surface area contributed by atoms with E-state index < -0.39 is 42.7 Å². The first kappa shape index (κ1) is 14.4. The van der Waals surface area contributed by atoms with Gasteiger partial charge >= 0.3 is 6.18 Å². The van der Waals surface area contributed by atoms with E-state index in [9.17, 15) is 22.0 Å². The summed E-state index contributed by atoms with van der Waals surface area (Å²) in [5, 5.41) is 10.9. The molecule has 0 radical (unpaired) electrons. The van der Waals surface area contributed by atoms with Gasteiger partial charge in [0.15, 0.2) is 0 Å². The lowest BCUT2D eigenvalue weighted by Crippen LogP contribution is -2.27. The molecule has 0 fully saturated rings. The minimum Gasteiger partial charge on any atom is -0.385 e. The fourth-order valence-electron chi connectivity index (χ4n) is 0.982. The number of aliphatic hydroxyl groups is 1. The highest BCUT2D eigenvalue weighted by atomic mass is 19.4. The molecule has 0 aliphatic heterocycles. The van der Waals surface area contributed by atoms with Gasteiger partial charge in [-0.25, -0.2) is 18.7 Å². The number of rotatable bonds is 4. The van der Waals surface area contributed by atoms with Crippen LogP contribution in [-0.2, 0) is 6.18 Å². The fourth-order valence-corrected chi connectivity index (χ4v) is 0.982. The van der Waals surface area contributed by atoms with Gasteiger partial charge in [-0.3, -0.25) is 0 Å². The third-order valence-electron chi connectivity index (χ3n) is 1.78. The van der Waals surface area contributed by atoms with Crippen molar-refractivity contribution in [2.75, 3.05) is 17.6 Å². The summed E-state index contributed by atoms with van der Waals surface area (Å²) in [4.78, 5) is 6.01. The molecular formula is C8H9F5N4O. The van der Waals surface area contributed by atoms with Crippen LogP contribution in [0.15, 0.2) is 6.07 Å². The second-order valence-electron chi connectivity index (χ2n) is 3.28. The van der Waals surface area contributed by atoms with Crippen molar-refractivity contribution in [1.29, 1.82) is 0 Å². The van der Waals surface area contributed by atoms with Crippen LogP contribution < -0.4 is 11.1 Å². The normalized spacial score (nSPS) is 13.7. The Hall–Kier alpha value is -1.71. The van der Waals surface area contributed by atoms with Crippen molar-refractivity contribution in [2.24, 2.45) is 0 Å². The molecule has 1 aromatic rings. The van der Waals surface area contributed by atoms with Gasteiger partial charge in [-0.1, -0.05) is 0 Å². The summed E-state index contributed by atoms with van der Waals surface area (Å²) in [5.74, 6) is -2.35. The maximum atomic E-state index is 12.3. The smallest absolute Gasteiger partial charge is 0.385 e. The number of hydrogen-bond acceptors (Lipinski definition) is 5. The Morgan fingerprint density at radius 3 is 2.44 bits per heavy atom. The highest BCUT2D eigenvalue weighted by Gasteiger charge is 2.35. The molecule has 1 unspecified atom stereocenters. The standard InChI is InChI=1S/C8H9F5N4O/c9-6(10)3(18)2-15-5-1-4(14)16-7(17-5)8(11,12)13/h1,3,6,18H,2H2,(H3,14,15,16,17). The maximum Gasteiger partial charge on any atom is 0.451 e. The summed E-state index contributed by atoms with van der Waals surface area (Å²) in [6.07, 6.45) is -9.83. The van der Waals surface area contributed by atoms with Crippen LogP contribution in [0.3, 0.4) is 0 Å². The number of anilines is 2. The lowest BCUT2D eigenvalue weighted by atomic mass is 10.3. The predicted molar refractivity (Wildman–Crippen MR) is 51.9 cm³/mol. The van der Waals surface area contributed by atoms with E-state index in [1.807, 2.05) is 0 Å². The Labute approximate surface area is 97.8 Å². The summed E-state index contributed by atoms with van der Waals surface area (Å²) < 4.78 is 60.8. The molecule has 0 amide bonds. The van der Waals surface area contributed by atoms with Crippen LogP contribution in [-0.4, -0.2) is 34.1 Å². The molecule has 0 saturated heterocycles. The number of hydrogen-bond donors (Lipinski definition) is 3. The Morgan fingerprint density at radius 1 is 1.33 bits per heavy atom. The fraction of sp³-hybridized carbons (Fsp3) is 0.500. The summed E-state index contributed by atoms with van der Waals surface area (Å²) in [6.45, 7) is -0.661. The van der Waals surface area contributed by atoms with E-state index in [0.717, 1.165) is 6.07 Å². The molecule has 0 saturated carbocycles. The third-order valence-corrected chi connectivity index (χ3v) is 1.78. The molecule has 1 aromatic heterocycles. The van der Waals surface area contributed by atoms with Gasteiger partial charge < -0.3 is 16.2 Å². The Balaban J connectivity index is 2.81. The molecule has 18 heavy (non-hydrogen) atoms. The van der Waals surface area contributed by atoms with Crippen molar-refractivity contribution in [1.82, 2.24) is 9.97 Å². The molecule has 10 heteroatoms. The zero-order chi connectivity index (χ0) is 13.9. The first-order valence-corrected chi connectivity index (χ1v) is 4.62. The molecule has 0 aliphatic carbocycles. The van der Waals surface area contributed by atoms with E-state index in [2.05, 4.69) is 15.3 Å². The number of alkyl halides is 5. The van der Waals surface area contributed by atoms with E-state index in [1.165, 1.54) is 0 Å². The SMILES string of the molecule is Nc1cc(NCC(O)C(F)F)nc(C(F)(F)F)n1. The Morgan fingerprint density at radius 2 is 1.94 bits per heavy atom. The zero-order valence-electron chi connectivity index (χ0n) is 8.75. The van der Waals surface area contributed by atoms with Gasteiger partial charge in [-0.15, -0.1) is 0 Å². The van der Waals surface area contributed by atoms with Crippen molar-refractivity contribution < 1.29 is 27.1 Å². The monoisotopic (exact) mass is 272 g/mol. The van der Waals surface area contributed by atoms with Crippen LogP contribution >= 0.6 is 0 Å². The zero-order valence-corrected chi connectivity index (χ0v) is 8.75. The summed E-state index contributed by atoms with van der Waals surface area (Å²) in [7, 11) is 0.